The first-order chi connectivity index (χ1) is 15.9. The van der Waals surface area contributed by atoms with E-state index in [0.29, 0.717) is 24.3 Å². The molecule has 3 aliphatic heterocycles. The quantitative estimate of drug-likeness (QED) is 0.512. The summed E-state index contributed by atoms with van der Waals surface area (Å²) < 4.78 is 0.972. The first-order valence-electron chi connectivity index (χ1n) is 10.9. The van der Waals surface area contributed by atoms with Gasteiger partial charge in [0.25, 0.3) is 5.91 Å². The Hall–Kier alpha value is -3.39. The van der Waals surface area contributed by atoms with Crippen LogP contribution in [0.25, 0.3) is 10.8 Å². The zero-order chi connectivity index (χ0) is 22.9. The zero-order valence-corrected chi connectivity index (χ0v) is 19.5. The van der Waals surface area contributed by atoms with E-state index in [2.05, 4.69) is 21.2 Å². The van der Waals surface area contributed by atoms with Gasteiger partial charge in [-0.25, -0.2) is 14.5 Å². The van der Waals surface area contributed by atoms with Crippen LogP contribution in [-0.4, -0.2) is 52.4 Å². The second kappa shape index (κ2) is 7.31. The minimum absolute atomic E-state index is 0.158. The number of urea groups is 2. The van der Waals surface area contributed by atoms with Crippen molar-refractivity contribution in [3.05, 3.63) is 70.7 Å². The Labute approximate surface area is 199 Å². The lowest BCUT2D eigenvalue weighted by atomic mass is 10.1. The molecule has 1 N–H and O–H groups in total. The molecule has 6 rings (SSSR count). The third-order valence-electron chi connectivity index (χ3n) is 6.94. The lowest BCUT2D eigenvalue weighted by molar-refractivity contribution is -0.120. The Bertz CT molecular complexity index is 1340. The second-order valence-electron chi connectivity index (χ2n) is 8.81. The smallest absolute Gasteiger partial charge is 0.317 e. The number of amides is 5. The number of rotatable bonds is 2. The summed E-state index contributed by atoms with van der Waals surface area (Å²) in [5.74, 6) is -0.263. The minimum Gasteiger partial charge on any atom is -0.317 e. The van der Waals surface area contributed by atoms with Gasteiger partial charge in [-0.2, -0.15) is 0 Å². The van der Waals surface area contributed by atoms with Crippen LogP contribution in [0.5, 0.6) is 0 Å². The maximum atomic E-state index is 13.5. The number of carbonyl (C=O) groups excluding carboxylic acids is 3. The first-order valence-corrected chi connectivity index (χ1v) is 11.7. The van der Waals surface area contributed by atoms with Gasteiger partial charge in [0.1, 0.15) is 6.04 Å². The molecule has 3 unspecified atom stereocenters. The van der Waals surface area contributed by atoms with Gasteiger partial charge in [-0.1, -0.05) is 52.3 Å². The van der Waals surface area contributed by atoms with Crippen molar-refractivity contribution in [2.45, 2.75) is 31.5 Å². The molecule has 0 saturated carbocycles. The molecule has 3 saturated heterocycles. The SMILES string of the molecule is Cc1cc(NC(=O)N2CC3CC2C2C(=O)N(c4cccc5ccccc45)C(=O)N32)ccc1Br. The molecular weight excluding hydrogens is 484 g/mol. The molecular formula is C25H21BrN4O3. The molecule has 2 bridgehead atoms. The number of halogens is 1. The van der Waals surface area contributed by atoms with E-state index in [1.165, 1.54) is 4.90 Å². The summed E-state index contributed by atoms with van der Waals surface area (Å²) >= 11 is 3.47. The van der Waals surface area contributed by atoms with Crippen molar-refractivity contribution in [3.8, 4) is 0 Å². The van der Waals surface area contributed by atoms with E-state index in [-0.39, 0.29) is 30.1 Å². The lowest BCUT2D eigenvalue weighted by Gasteiger charge is -2.34. The summed E-state index contributed by atoms with van der Waals surface area (Å²) in [6.07, 6.45) is 0.623. The third kappa shape index (κ3) is 2.97. The number of likely N-dealkylation sites (tertiary alicyclic amines) is 1. The lowest BCUT2D eigenvalue weighted by Crippen LogP contribution is -2.55. The molecule has 7 nitrogen and oxygen atoms in total. The number of aryl methyl sites for hydroxylation is 1. The molecule has 8 heteroatoms. The van der Waals surface area contributed by atoms with Crippen molar-refractivity contribution in [1.82, 2.24) is 9.80 Å². The Morgan fingerprint density at radius 2 is 1.85 bits per heavy atom. The number of fused-ring (bicyclic) bond motifs is 6. The van der Waals surface area contributed by atoms with Crippen LogP contribution in [-0.2, 0) is 4.79 Å². The van der Waals surface area contributed by atoms with Crippen molar-refractivity contribution >= 4 is 56.0 Å². The van der Waals surface area contributed by atoms with Crippen molar-refractivity contribution in [2.24, 2.45) is 0 Å². The highest BCUT2D eigenvalue weighted by molar-refractivity contribution is 9.10. The predicted molar refractivity (Wildman–Crippen MR) is 129 cm³/mol. The van der Waals surface area contributed by atoms with E-state index in [1.807, 2.05) is 67.6 Å². The Morgan fingerprint density at radius 3 is 2.67 bits per heavy atom. The Morgan fingerprint density at radius 1 is 1.06 bits per heavy atom. The molecule has 0 spiro atoms. The van der Waals surface area contributed by atoms with Gasteiger partial charge in [-0.15, -0.1) is 0 Å². The number of imide groups is 1. The molecule has 0 radical (unpaired) electrons. The Kier molecular flexibility index (Phi) is 4.48. The highest BCUT2D eigenvalue weighted by Crippen LogP contribution is 2.43. The van der Waals surface area contributed by atoms with E-state index in [4.69, 9.17) is 0 Å². The summed E-state index contributed by atoms with van der Waals surface area (Å²) in [6.45, 7) is 2.38. The van der Waals surface area contributed by atoms with Crippen molar-refractivity contribution in [1.29, 1.82) is 0 Å². The van der Waals surface area contributed by atoms with Crippen LogP contribution >= 0.6 is 15.9 Å². The number of nitrogens with zero attached hydrogens (tertiary/aromatic N) is 3. The van der Waals surface area contributed by atoms with Crippen LogP contribution < -0.4 is 10.2 Å². The van der Waals surface area contributed by atoms with Crippen molar-refractivity contribution < 1.29 is 14.4 Å². The van der Waals surface area contributed by atoms with E-state index in [1.54, 1.807) is 9.80 Å². The summed E-state index contributed by atoms with van der Waals surface area (Å²) in [5.41, 5.74) is 2.31. The molecule has 0 aliphatic carbocycles. The largest absolute Gasteiger partial charge is 0.332 e. The highest BCUT2D eigenvalue weighted by Gasteiger charge is 2.63. The van der Waals surface area contributed by atoms with Gasteiger partial charge in [0.2, 0.25) is 0 Å². The fourth-order valence-corrected chi connectivity index (χ4v) is 5.68. The highest BCUT2D eigenvalue weighted by atomic mass is 79.9. The van der Waals surface area contributed by atoms with E-state index in [9.17, 15) is 14.4 Å². The third-order valence-corrected chi connectivity index (χ3v) is 7.83. The number of piperazine rings is 1. The number of nitrogens with one attached hydrogen (secondary N) is 1. The van der Waals surface area contributed by atoms with Gasteiger partial charge in [0.05, 0.1) is 17.8 Å². The molecule has 3 aliphatic rings. The summed E-state index contributed by atoms with van der Waals surface area (Å²) in [7, 11) is 0. The molecule has 0 aromatic heterocycles. The van der Waals surface area contributed by atoms with Crippen LogP contribution in [0.15, 0.2) is 65.1 Å². The number of benzene rings is 3. The van der Waals surface area contributed by atoms with Crippen molar-refractivity contribution in [3.63, 3.8) is 0 Å². The summed E-state index contributed by atoms with van der Waals surface area (Å²) in [4.78, 5) is 44.7. The fraction of sp³-hybridized carbons (Fsp3) is 0.240. The molecule has 5 amide bonds. The van der Waals surface area contributed by atoms with Crippen LogP contribution in [0.4, 0.5) is 21.0 Å². The van der Waals surface area contributed by atoms with Crippen LogP contribution in [0.3, 0.4) is 0 Å². The summed E-state index contributed by atoms with van der Waals surface area (Å²) in [5, 5.41) is 4.77. The van der Waals surface area contributed by atoms with Crippen molar-refractivity contribution in [2.75, 3.05) is 16.8 Å². The molecule has 3 heterocycles. The van der Waals surface area contributed by atoms with E-state index < -0.39 is 6.04 Å². The standard InChI is InChI=1S/C25H21BrN4O3/c1-14-11-16(9-10-19(14)26)27-24(32)28-13-17-12-21(28)22-23(31)30(25(33)29(17)22)20-8-4-6-15-5-2-3-7-18(15)20/h2-11,17,21-22H,12-13H2,1H3,(H,27,32). The van der Waals surface area contributed by atoms with Gasteiger partial charge in [0, 0.05) is 22.1 Å². The second-order valence-corrected chi connectivity index (χ2v) is 9.66. The van der Waals surface area contributed by atoms with Crippen LogP contribution in [0, 0.1) is 6.92 Å². The topological polar surface area (TPSA) is 73.0 Å². The van der Waals surface area contributed by atoms with Gasteiger partial charge in [-0.05, 0) is 48.6 Å². The first kappa shape index (κ1) is 20.2. The predicted octanol–water partition coefficient (Wildman–Crippen LogP) is 4.74. The summed E-state index contributed by atoms with van der Waals surface area (Å²) in [6, 6.07) is 17.3. The Balaban J connectivity index is 1.28. The van der Waals surface area contributed by atoms with Gasteiger partial charge >= 0.3 is 12.1 Å². The average Bonchev–Trinajstić information content (AvgIpc) is 3.47. The molecule has 3 atom stereocenters. The number of anilines is 2. The van der Waals surface area contributed by atoms with E-state index >= 15 is 0 Å². The zero-order valence-electron chi connectivity index (χ0n) is 17.9. The van der Waals surface area contributed by atoms with Gasteiger partial charge in [-0.3, -0.25) is 4.79 Å². The number of hydrogen-bond donors (Lipinski definition) is 1. The average molecular weight is 505 g/mol. The van der Waals surface area contributed by atoms with Crippen LogP contribution in [0.2, 0.25) is 0 Å². The number of hydrogen-bond acceptors (Lipinski definition) is 3. The number of carbonyl (C=O) groups is 3. The minimum atomic E-state index is -0.646. The molecule has 3 aromatic carbocycles. The molecule has 3 fully saturated rings. The molecule has 166 valence electrons. The maximum absolute atomic E-state index is 13.5. The van der Waals surface area contributed by atoms with Crippen LogP contribution in [0.1, 0.15) is 12.0 Å². The van der Waals surface area contributed by atoms with Gasteiger partial charge < -0.3 is 15.1 Å². The molecule has 33 heavy (non-hydrogen) atoms. The normalized spacial score (nSPS) is 23.6. The van der Waals surface area contributed by atoms with Gasteiger partial charge in [0.15, 0.2) is 0 Å². The maximum Gasteiger partial charge on any atom is 0.332 e. The monoisotopic (exact) mass is 504 g/mol. The fourth-order valence-electron chi connectivity index (χ4n) is 5.43. The molecule has 3 aromatic rings. The van der Waals surface area contributed by atoms with E-state index in [0.717, 1.165) is 20.8 Å².